The summed E-state index contributed by atoms with van der Waals surface area (Å²) < 4.78 is 1.78. The van der Waals surface area contributed by atoms with Crippen LogP contribution in [0.3, 0.4) is 0 Å². The Balaban J connectivity index is 1.24. The van der Waals surface area contributed by atoms with Crippen LogP contribution >= 0.6 is 11.3 Å². The first-order valence-corrected chi connectivity index (χ1v) is 13.1. The molecule has 0 atom stereocenters. The van der Waals surface area contributed by atoms with Gasteiger partial charge in [0.25, 0.3) is 5.91 Å². The molecule has 3 amide bonds. The number of hydrogen-bond donors (Lipinski definition) is 2. The normalized spacial score (nSPS) is 17.5. The van der Waals surface area contributed by atoms with Gasteiger partial charge in [0.1, 0.15) is 5.69 Å². The van der Waals surface area contributed by atoms with Crippen LogP contribution in [-0.2, 0) is 0 Å². The Morgan fingerprint density at radius 2 is 1.59 bits per heavy atom. The molecule has 1 aliphatic carbocycles. The van der Waals surface area contributed by atoms with Crippen molar-refractivity contribution in [1.82, 2.24) is 25.3 Å². The molecule has 3 aromatic rings. The first kappa shape index (κ1) is 22.7. The first-order valence-electron chi connectivity index (χ1n) is 12.2. The average molecular weight is 478 g/mol. The summed E-state index contributed by atoms with van der Waals surface area (Å²) >= 11 is 1.58. The number of carbonyl (C=O) groups excluding carboxylic acids is 2. The number of urea groups is 1. The lowest BCUT2D eigenvalue weighted by molar-refractivity contribution is 0.0709. The number of nitrogens with zero attached hydrogens (tertiary/aromatic N) is 3. The predicted octanol–water partition coefficient (Wildman–Crippen LogP) is 4.84. The number of amides is 3. The van der Waals surface area contributed by atoms with E-state index in [0.29, 0.717) is 24.7 Å². The summed E-state index contributed by atoms with van der Waals surface area (Å²) in [5.74, 6) is -0.00399. The summed E-state index contributed by atoms with van der Waals surface area (Å²) in [6.45, 7) is 1.24. The number of aromatic nitrogens is 2. The zero-order valence-corrected chi connectivity index (χ0v) is 20.1. The van der Waals surface area contributed by atoms with Gasteiger partial charge in [0.2, 0.25) is 0 Å². The van der Waals surface area contributed by atoms with Crippen molar-refractivity contribution >= 4 is 23.3 Å². The van der Waals surface area contributed by atoms with Gasteiger partial charge in [-0.3, -0.25) is 4.79 Å². The minimum atomic E-state index is -0.0687. The molecule has 1 saturated heterocycles. The second-order valence-electron chi connectivity index (χ2n) is 9.17. The van der Waals surface area contributed by atoms with Gasteiger partial charge in [-0.1, -0.05) is 43.5 Å². The highest BCUT2D eigenvalue weighted by Crippen LogP contribution is 2.29. The number of benzene rings is 1. The highest BCUT2D eigenvalue weighted by molar-refractivity contribution is 7.13. The summed E-state index contributed by atoms with van der Waals surface area (Å²) in [5.41, 5.74) is 2.26. The molecule has 2 aliphatic rings. The topological polar surface area (TPSA) is 79.3 Å². The molecule has 0 radical (unpaired) electrons. The predicted molar refractivity (Wildman–Crippen MR) is 134 cm³/mol. The fraction of sp³-hybridized carbons (Fsp3) is 0.423. The van der Waals surface area contributed by atoms with Crippen LogP contribution in [0.15, 0.2) is 54.0 Å². The van der Waals surface area contributed by atoms with E-state index in [9.17, 15) is 9.59 Å². The van der Waals surface area contributed by atoms with E-state index in [1.807, 2.05) is 58.9 Å². The maximum absolute atomic E-state index is 13.5. The van der Waals surface area contributed by atoms with Crippen molar-refractivity contribution in [3.63, 3.8) is 0 Å². The number of carbonyl (C=O) groups is 2. The standard InChI is InChI=1S/C26H31N5O2S/c32-25(30-15-13-20(14-16-30)28-26(33)27-19-8-3-1-4-9-19)22-18-31(21-10-5-2-6-11-21)29-24(22)23-12-7-17-34-23/h2,5-7,10-12,17-20H,1,3-4,8-9,13-16H2,(H2,27,28,33). The van der Waals surface area contributed by atoms with E-state index >= 15 is 0 Å². The number of hydrogen-bond acceptors (Lipinski definition) is 4. The van der Waals surface area contributed by atoms with Crippen molar-refractivity contribution in [3.8, 4) is 16.3 Å². The Morgan fingerprint density at radius 1 is 0.882 bits per heavy atom. The minimum Gasteiger partial charge on any atom is -0.338 e. The highest BCUT2D eigenvalue weighted by atomic mass is 32.1. The molecule has 34 heavy (non-hydrogen) atoms. The lowest BCUT2D eigenvalue weighted by atomic mass is 9.96. The van der Waals surface area contributed by atoms with E-state index in [1.54, 1.807) is 16.0 Å². The van der Waals surface area contributed by atoms with Crippen LogP contribution in [0.4, 0.5) is 4.79 Å². The third kappa shape index (κ3) is 5.17. The molecule has 0 bridgehead atoms. The van der Waals surface area contributed by atoms with E-state index in [2.05, 4.69) is 10.6 Å². The van der Waals surface area contributed by atoms with Gasteiger partial charge in [0, 0.05) is 31.4 Å². The van der Waals surface area contributed by atoms with Crippen molar-refractivity contribution in [3.05, 3.63) is 59.6 Å². The third-order valence-corrected chi connectivity index (χ3v) is 7.65. The van der Waals surface area contributed by atoms with Crippen LogP contribution in [0.1, 0.15) is 55.3 Å². The number of para-hydroxylation sites is 1. The highest BCUT2D eigenvalue weighted by Gasteiger charge is 2.28. The Labute approximate surface area is 204 Å². The minimum absolute atomic E-state index is 0.00399. The SMILES string of the molecule is O=C(NC1CCCCC1)NC1CCN(C(=O)c2cn(-c3ccccc3)nc2-c2cccs2)CC1. The van der Waals surface area contributed by atoms with E-state index < -0.39 is 0 Å². The lowest BCUT2D eigenvalue weighted by Crippen LogP contribution is -2.51. The molecule has 8 heteroatoms. The molecule has 2 fully saturated rings. The van der Waals surface area contributed by atoms with Gasteiger partial charge in [0.15, 0.2) is 0 Å². The average Bonchev–Trinajstić information content (AvgIpc) is 3.56. The Bertz CT molecular complexity index is 1100. The van der Waals surface area contributed by atoms with Crippen molar-refractivity contribution < 1.29 is 9.59 Å². The molecule has 7 nitrogen and oxygen atoms in total. The van der Waals surface area contributed by atoms with Gasteiger partial charge in [-0.2, -0.15) is 5.10 Å². The second kappa shape index (κ2) is 10.4. The fourth-order valence-corrected chi connectivity index (χ4v) is 5.62. The Hall–Kier alpha value is -3.13. The van der Waals surface area contributed by atoms with Gasteiger partial charge >= 0.3 is 6.03 Å². The van der Waals surface area contributed by atoms with Crippen molar-refractivity contribution in [2.75, 3.05) is 13.1 Å². The molecular weight excluding hydrogens is 446 g/mol. The van der Waals surface area contributed by atoms with E-state index in [0.717, 1.165) is 41.9 Å². The largest absolute Gasteiger partial charge is 0.338 e. The van der Waals surface area contributed by atoms with Gasteiger partial charge < -0.3 is 15.5 Å². The maximum atomic E-state index is 13.5. The van der Waals surface area contributed by atoms with E-state index in [1.165, 1.54) is 19.3 Å². The number of thiophene rings is 1. The molecule has 3 heterocycles. The van der Waals surface area contributed by atoms with E-state index in [4.69, 9.17) is 5.10 Å². The molecule has 2 N–H and O–H groups in total. The second-order valence-corrected chi connectivity index (χ2v) is 10.1. The molecule has 1 aromatic carbocycles. The third-order valence-electron chi connectivity index (χ3n) is 6.78. The summed E-state index contributed by atoms with van der Waals surface area (Å²) in [6.07, 6.45) is 9.15. The zero-order valence-electron chi connectivity index (χ0n) is 19.3. The molecule has 2 aromatic heterocycles. The quantitative estimate of drug-likeness (QED) is 0.552. The van der Waals surface area contributed by atoms with Gasteiger partial charge in [-0.05, 0) is 49.3 Å². The number of piperidine rings is 1. The summed E-state index contributed by atoms with van der Waals surface area (Å²) in [6, 6.07) is 14.2. The monoisotopic (exact) mass is 477 g/mol. The smallest absolute Gasteiger partial charge is 0.315 e. The molecule has 178 valence electrons. The van der Waals surface area contributed by atoms with Crippen LogP contribution in [0, 0.1) is 0 Å². The Morgan fingerprint density at radius 3 is 2.26 bits per heavy atom. The van der Waals surface area contributed by atoms with Crippen LogP contribution < -0.4 is 10.6 Å². The fourth-order valence-electron chi connectivity index (χ4n) is 4.90. The Kier molecular flexibility index (Phi) is 6.94. The summed E-state index contributed by atoms with van der Waals surface area (Å²) in [5, 5.41) is 13.0. The number of rotatable bonds is 5. The zero-order chi connectivity index (χ0) is 23.3. The maximum Gasteiger partial charge on any atom is 0.315 e. The molecule has 1 aliphatic heterocycles. The van der Waals surface area contributed by atoms with Gasteiger partial charge in [-0.25, -0.2) is 9.48 Å². The first-order chi connectivity index (χ1) is 16.7. The molecular formula is C26H31N5O2S. The van der Waals surface area contributed by atoms with Crippen LogP contribution in [0.2, 0.25) is 0 Å². The molecule has 1 saturated carbocycles. The number of likely N-dealkylation sites (tertiary alicyclic amines) is 1. The molecule has 0 unspecified atom stereocenters. The van der Waals surface area contributed by atoms with Gasteiger partial charge in [-0.15, -0.1) is 11.3 Å². The van der Waals surface area contributed by atoms with Crippen molar-refractivity contribution in [1.29, 1.82) is 0 Å². The molecule has 5 rings (SSSR count). The van der Waals surface area contributed by atoms with Crippen LogP contribution in [0.5, 0.6) is 0 Å². The summed E-state index contributed by atoms with van der Waals surface area (Å²) in [7, 11) is 0. The number of nitrogens with one attached hydrogen (secondary N) is 2. The van der Waals surface area contributed by atoms with Crippen LogP contribution in [0.25, 0.3) is 16.3 Å². The van der Waals surface area contributed by atoms with Crippen molar-refractivity contribution in [2.45, 2.75) is 57.0 Å². The lowest BCUT2D eigenvalue weighted by Gasteiger charge is -2.33. The van der Waals surface area contributed by atoms with E-state index in [-0.39, 0.29) is 18.0 Å². The van der Waals surface area contributed by atoms with Crippen molar-refractivity contribution in [2.24, 2.45) is 0 Å². The molecule has 0 spiro atoms. The van der Waals surface area contributed by atoms with Crippen LogP contribution in [-0.4, -0.2) is 51.8 Å². The summed E-state index contributed by atoms with van der Waals surface area (Å²) in [4.78, 5) is 28.8. The van der Waals surface area contributed by atoms with Gasteiger partial charge in [0.05, 0.1) is 16.1 Å².